The van der Waals surface area contributed by atoms with Crippen LogP contribution in [0.15, 0.2) is 61.4 Å². The summed E-state index contributed by atoms with van der Waals surface area (Å²) in [5, 5.41) is 11.2. The molecule has 2 aliphatic heterocycles. The monoisotopic (exact) mass is 535 g/mol. The van der Waals surface area contributed by atoms with Gasteiger partial charge in [0.1, 0.15) is 5.82 Å². The van der Waals surface area contributed by atoms with Crippen LogP contribution in [0.5, 0.6) is 0 Å². The molecule has 40 heavy (non-hydrogen) atoms. The zero-order chi connectivity index (χ0) is 27.9. The lowest BCUT2D eigenvalue weighted by Gasteiger charge is -2.54. The molecule has 9 heteroatoms. The molecule has 2 N–H and O–H groups in total. The van der Waals surface area contributed by atoms with Crippen LogP contribution in [0.2, 0.25) is 0 Å². The molecule has 202 valence electrons. The number of aromatic nitrogens is 3. The molecule has 0 bridgehead atoms. The predicted molar refractivity (Wildman–Crippen MR) is 155 cm³/mol. The molecule has 0 aliphatic carbocycles. The van der Waals surface area contributed by atoms with Crippen LogP contribution in [-0.2, 0) is 11.3 Å². The van der Waals surface area contributed by atoms with Crippen molar-refractivity contribution in [2.24, 2.45) is 5.41 Å². The first-order valence-corrected chi connectivity index (χ1v) is 13.4. The fraction of sp³-hybridized carbons (Fsp3) is 0.290. The molecule has 0 radical (unpaired) electrons. The number of benzene rings is 2. The third-order valence-corrected chi connectivity index (χ3v) is 8.30. The number of carbonyl (C=O) groups excluding carboxylic acids is 1. The summed E-state index contributed by atoms with van der Waals surface area (Å²) >= 11 is 0. The molecular weight excluding hydrogens is 505 g/mol. The Hall–Kier alpha value is -4.71. The van der Waals surface area contributed by atoms with Crippen molar-refractivity contribution in [3.63, 3.8) is 0 Å². The lowest BCUT2D eigenvalue weighted by molar-refractivity contribution is -0.139. The number of rotatable bonds is 6. The average molecular weight is 536 g/mol. The number of piperidine rings is 1. The molecule has 2 aromatic carbocycles. The highest BCUT2D eigenvalue weighted by Crippen LogP contribution is 2.49. The second-order valence-corrected chi connectivity index (χ2v) is 10.7. The van der Waals surface area contributed by atoms with Gasteiger partial charge in [-0.25, -0.2) is 9.24 Å². The Morgan fingerprint density at radius 3 is 2.75 bits per heavy atom. The van der Waals surface area contributed by atoms with Crippen molar-refractivity contribution in [1.29, 1.82) is 0 Å². The molecule has 2 aliphatic rings. The summed E-state index contributed by atoms with van der Waals surface area (Å²) in [7, 11) is 0. The van der Waals surface area contributed by atoms with Gasteiger partial charge in [0.2, 0.25) is 11.6 Å². The second kappa shape index (κ2) is 10.1. The average Bonchev–Trinajstić information content (AvgIpc) is 3.44. The van der Waals surface area contributed by atoms with Gasteiger partial charge in [-0.2, -0.15) is 5.10 Å². The number of likely N-dealkylation sites (tertiary alicyclic amines) is 1. The number of anilines is 2. The minimum atomic E-state index is -0.464. The Morgan fingerprint density at radius 2 is 2.05 bits per heavy atom. The molecule has 4 aromatic rings. The van der Waals surface area contributed by atoms with Gasteiger partial charge in [-0.15, -0.1) is 0 Å². The van der Waals surface area contributed by atoms with Crippen LogP contribution >= 0.6 is 0 Å². The van der Waals surface area contributed by atoms with E-state index in [0.717, 1.165) is 61.2 Å². The molecule has 0 unspecified atom stereocenters. The van der Waals surface area contributed by atoms with Crippen molar-refractivity contribution in [1.82, 2.24) is 20.1 Å². The summed E-state index contributed by atoms with van der Waals surface area (Å²) in [5.74, 6) is -0.493. The quantitative estimate of drug-likeness (QED) is 0.239. The Bertz CT molecular complexity index is 1640. The van der Waals surface area contributed by atoms with Crippen LogP contribution in [0.3, 0.4) is 0 Å². The molecule has 2 aromatic heterocycles. The van der Waals surface area contributed by atoms with Crippen LogP contribution in [-0.4, -0.2) is 52.2 Å². The largest absolute Gasteiger partial charge is 0.380 e. The number of hydrogen-bond acceptors (Lipinski definition) is 5. The maximum atomic E-state index is 16.5. The Morgan fingerprint density at radius 1 is 1.25 bits per heavy atom. The van der Waals surface area contributed by atoms with Gasteiger partial charge in [-0.3, -0.25) is 14.9 Å². The summed E-state index contributed by atoms with van der Waals surface area (Å²) in [6.45, 7) is 17.0. The maximum Gasteiger partial charge on any atom is 0.245 e. The number of aryl methyl sites for hydroxylation is 1. The second-order valence-electron chi connectivity index (χ2n) is 10.7. The summed E-state index contributed by atoms with van der Waals surface area (Å²) < 4.78 is 16.5. The number of pyridine rings is 1. The SMILES string of the molecule is [C-]#[N+]c1c(N2CCC3(CC2)CN(C(=O)C=C)C3)cc(NCc2ccccn2)c(F)c1-c1c(C)ccc2[nH]ncc12. The first-order valence-electron chi connectivity index (χ1n) is 13.4. The van der Waals surface area contributed by atoms with E-state index in [1.54, 1.807) is 18.5 Å². The summed E-state index contributed by atoms with van der Waals surface area (Å²) in [5.41, 5.74) is 4.82. The smallest absolute Gasteiger partial charge is 0.245 e. The molecule has 0 saturated carbocycles. The van der Waals surface area contributed by atoms with Crippen molar-refractivity contribution in [3.8, 4) is 11.1 Å². The van der Waals surface area contributed by atoms with E-state index in [2.05, 4.69) is 36.8 Å². The number of fused-ring (bicyclic) bond motifs is 1. The summed E-state index contributed by atoms with van der Waals surface area (Å²) in [6, 6.07) is 11.2. The van der Waals surface area contributed by atoms with Crippen molar-refractivity contribution >= 4 is 33.9 Å². The minimum Gasteiger partial charge on any atom is -0.380 e. The first-order chi connectivity index (χ1) is 19.4. The fourth-order valence-corrected chi connectivity index (χ4v) is 6.08. The third-order valence-electron chi connectivity index (χ3n) is 8.30. The summed E-state index contributed by atoms with van der Waals surface area (Å²) in [4.78, 5) is 24.3. The molecule has 8 nitrogen and oxygen atoms in total. The Kier molecular flexibility index (Phi) is 6.46. The van der Waals surface area contributed by atoms with E-state index in [1.165, 1.54) is 6.08 Å². The molecular formula is C31H30FN7O. The van der Waals surface area contributed by atoms with Crippen LogP contribution in [0, 0.1) is 24.7 Å². The third kappa shape index (κ3) is 4.35. The van der Waals surface area contributed by atoms with Crippen LogP contribution in [0.4, 0.5) is 21.5 Å². The van der Waals surface area contributed by atoms with Gasteiger partial charge < -0.3 is 15.1 Å². The molecule has 0 atom stereocenters. The van der Waals surface area contributed by atoms with Gasteiger partial charge >= 0.3 is 0 Å². The molecule has 2 fully saturated rings. The zero-order valence-corrected chi connectivity index (χ0v) is 22.4. The van der Waals surface area contributed by atoms with Gasteiger partial charge in [0.05, 0.1) is 36.2 Å². The minimum absolute atomic E-state index is 0.0288. The van der Waals surface area contributed by atoms with Gasteiger partial charge in [-0.1, -0.05) is 18.7 Å². The van der Waals surface area contributed by atoms with Gasteiger partial charge in [0, 0.05) is 54.4 Å². The maximum absolute atomic E-state index is 16.5. The Balaban J connectivity index is 1.41. The highest BCUT2D eigenvalue weighted by Gasteiger charge is 2.46. The van der Waals surface area contributed by atoms with E-state index >= 15 is 4.39 Å². The number of amides is 1. The fourth-order valence-electron chi connectivity index (χ4n) is 6.08. The molecule has 6 rings (SSSR count). The molecule has 1 amide bonds. The van der Waals surface area contributed by atoms with Gasteiger partial charge in [0.15, 0.2) is 0 Å². The normalized spacial score (nSPS) is 16.0. The topological polar surface area (TPSA) is 81.5 Å². The highest BCUT2D eigenvalue weighted by molar-refractivity contribution is 6.03. The first kappa shape index (κ1) is 25.6. The van der Waals surface area contributed by atoms with Crippen molar-refractivity contribution < 1.29 is 9.18 Å². The van der Waals surface area contributed by atoms with Crippen LogP contribution < -0.4 is 10.2 Å². The van der Waals surface area contributed by atoms with Crippen molar-refractivity contribution in [3.05, 3.63) is 89.9 Å². The number of halogens is 1. The molecule has 1 spiro atoms. The van der Waals surface area contributed by atoms with E-state index in [9.17, 15) is 4.79 Å². The van der Waals surface area contributed by atoms with Gasteiger partial charge in [-0.05, 0) is 61.2 Å². The van der Waals surface area contributed by atoms with Crippen molar-refractivity contribution in [2.45, 2.75) is 26.3 Å². The molecule has 2 saturated heterocycles. The highest BCUT2D eigenvalue weighted by atomic mass is 19.1. The van der Waals surface area contributed by atoms with E-state index in [0.29, 0.717) is 29.2 Å². The zero-order valence-electron chi connectivity index (χ0n) is 22.4. The molecule has 4 heterocycles. The van der Waals surface area contributed by atoms with Crippen LogP contribution in [0.1, 0.15) is 24.1 Å². The number of nitrogens with one attached hydrogen (secondary N) is 2. The Labute approximate surface area is 232 Å². The number of H-pyrrole nitrogens is 1. The summed E-state index contributed by atoms with van der Waals surface area (Å²) in [6.07, 6.45) is 6.56. The lowest BCUT2D eigenvalue weighted by atomic mass is 9.72. The van der Waals surface area contributed by atoms with E-state index in [-0.39, 0.29) is 16.9 Å². The lowest BCUT2D eigenvalue weighted by Crippen LogP contribution is -2.61. The van der Waals surface area contributed by atoms with E-state index < -0.39 is 5.82 Å². The number of nitrogens with zero attached hydrogens (tertiary/aromatic N) is 5. The predicted octanol–water partition coefficient (Wildman–Crippen LogP) is 5.85. The van der Waals surface area contributed by atoms with Crippen LogP contribution in [0.25, 0.3) is 26.9 Å². The van der Waals surface area contributed by atoms with E-state index in [1.807, 2.05) is 42.2 Å². The number of aromatic amines is 1. The van der Waals surface area contributed by atoms with E-state index in [4.69, 9.17) is 6.57 Å². The van der Waals surface area contributed by atoms with Gasteiger partial charge in [0.25, 0.3) is 0 Å². The van der Waals surface area contributed by atoms with Crippen molar-refractivity contribution in [2.75, 3.05) is 36.4 Å². The standard InChI is InChI=1S/C31H30FN7O/c1-4-26(40)39-18-31(19-39)10-13-38(14-11-31)25-15-24(35-16-21-7-5-6-12-34-21)29(32)28(30(25)33-3)27-20(2)8-9-23-22(27)17-36-37-23/h4-9,12,15,17,35H,1,10-11,13-14,16,18-19H2,2H3,(H,36,37). The number of hydrogen-bond donors (Lipinski definition) is 2. The number of carbonyl (C=O) groups is 1.